The normalized spacial score (nSPS) is 19.9. The molecule has 1 aromatic heterocycles. The molecule has 1 saturated heterocycles. The van der Waals surface area contributed by atoms with Crippen LogP contribution in [0.5, 0.6) is 0 Å². The maximum absolute atomic E-state index is 12.7. The molecule has 2 heterocycles. The summed E-state index contributed by atoms with van der Waals surface area (Å²) in [4.78, 5) is 12.7. The van der Waals surface area contributed by atoms with Crippen LogP contribution < -0.4 is 10.6 Å². The molecule has 26 heavy (non-hydrogen) atoms. The van der Waals surface area contributed by atoms with Crippen LogP contribution in [0, 0.1) is 19.8 Å². The highest BCUT2D eigenvalue weighted by molar-refractivity contribution is 5.95. The summed E-state index contributed by atoms with van der Waals surface area (Å²) in [6, 6.07) is 10.4. The van der Waals surface area contributed by atoms with Gasteiger partial charge in [0.15, 0.2) is 0 Å². The summed E-state index contributed by atoms with van der Waals surface area (Å²) in [6.45, 7) is 10.2. The van der Waals surface area contributed by atoms with E-state index in [1.165, 1.54) is 5.56 Å². The van der Waals surface area contributed by atoms with Crippen LogP contribution in [0.25, 0.3) is 5.69 Å². The lowest BCUT2D eigenvalue weighted by Gasteiger charge is -2.15. The zero-order valence-electron chi connectivity index (χ0n) is 16.0. The third kappa shape index (κ3) is 3.69. The summed E-state index contributed by atoms with van der Waals surface area (Å²) < 4.78 is 2.13. The molecule has 1 amide bonds. The number of β-amino-alcohol motifs (C(OH)–C–C–N with tert-alkyl or cyclic N) is 1. The second-order valence-electron chi connectivity index (χ2n) is 7.57. The van der Waals surface area contributed by atoms with Gasteiger partial charge >= 0.3 is 0 Å². The number of aryl methyl sites for hydroxylation is 1. The Morgan fingerprint density at radius 1 is 1.31 bits per heavy atom. The van der Waals surface area contributed by atoms with Gasteiger partial charge in [0, 0.05) is 42.6 Å². The van der Waals surface area contributed by atoms with Crippen molar-refractivity contribution in [1.29, 1.82) is 0 Å². The van der Waals surface area contributed by atoms with Gasteiger partial charge in [0.1, 0.15) is 0 Å². The number of carbonyl (C=O) groups excluding carboxylic acids is 1. The van der Waals surface area contributed by atoms with Crippen molar-refractivity contribution >= 4 is 5.91 Å². The molecule has 5 nitrogen and oxygen atoms in total. The molecule has 0 bridgehead atoms. The minimum atomic E-state index is -0.387. The predicted molar refractivity (Wildman–Crippen MR) is 104 cm³/mol. The molecular formula is C21H29N3O2. The van der Waals surface area contributed by atoms with E-state index in [-0.39, 0.29) is 17.9 Å². The second kappa shape index (κ2) is 7.64. The monoisotopic (exact) mass is 355 g/mol. The molecule has 1 fully saturated rings. The van der Waals surface area contributed by atoms with Crippen molar-refractivity contribution in [3.63, 3.8) is 0 Å². The summed E-state index contributed by atoms with van der Waals surface area (Å²) in [5.41, 5.74) is 5.03. The predicted octanol–water partition coefficient (Wildman–Crippen LogP) is 2.53. The fourth-order valence-corrected chi connectivity index (χ4v) is 3.66. The van der Waals surface area contributed by atoms with E-state index in [4.69, 9.17) is 0 Å². The lowest BCUT2D eigenvalue weighted by Crippen LogP contribution is -2.34. The standard InChI is InChI=1S/C21H29N3O2/c1-13(2)16-6-5-7-18(9-16)24-14(3)8-19(15(24)4)21(26)23-11-17-10-22-12-20(17)25/h5-9,13,17,20,22,25H,10-12H2,1-4H3,(H,23,26). The molecular weight excluding hydrogens is 326 g/mol. The Morgan fingerprint density at radius 2 is 2.08 bits per heavy atom. The van der Waals surface area contributed by atoms with Crippen molar-refractivity contribution in [2.24, 2.45) is 5.92 Å². The summed E-state index contributed by atoms with van der Waals surface area (Å²) in [5.74, 6) is 0.453. The van der Waals surface area contributed by atoms with Gasteiger partial charge < -0.3 is 20.3 Å². The van der Waals surface area contributed by atoms with Crippen molar-refractivity contribution in [2.45, 2.75) is 39.7 Å². The van der Waals surface area contributed by atoms with E-state index in [0.717, 1.165) is 23.6 Å². The molecule has 0 radical (unpaired) electrons. The summed E-state index contributed by atoms with van der Waals surface area (Å²) in [6.07, 6.45) is -0.387. The first kappa shape index (κ1) is 18.7. The number of aliphatic hydroxyl groups excluding tert-OH is 1. The van der Waals surface area contributed by atoms with Crippen LogP contribution in [0.1, 0.15) is 47.1 Å². The van der Waals surface area contributed by atoms with Crippen LogP contribution in [-0.4, -0.2) is 41.3 Å². The zero-order chi connectivity index (χ0) is 18.8. The Kier molecular flexibility index (Phi) is 5.49. The Hall–Kier alpha value is -2.11. The third-order valence-corrected chi connectivity index (χ3v) is 5.30. The van der Waals surface area contributed by atoms with Gasteiger partial charge in [-0.25, -0.2) is 0 Å². The van der Waals surface area contributed by atoms with Crippen LogP contribution >= 0.6 is 0 Å². The fourth-order valence-electron chi connectivity index (χ4n) is 3.66. The minimum absolute atomic E-state index is 0.0742. The van der Waals surface area contributed by atoms with Crippen molar-refractivity contribution < 1.29 is 9.90 Å². The highest BCUT2D eigenvalue weighted by Crippen LogP contribution is 2.24. The first-order chi connectivity index (χ1) is 12.4. The molecule has 2 atom stereocenters. The molecule has 3 N–H and O–H groups in total. The topological polar surface area (TPSA) is 66.3 Å². The largest absolute Gasteiger partial charge is 0.391 e. The van der Waals surface area contributed by atoms with Gasteiger partial charge in [-0.1, -0.05) is 26.0 Å². The molecule has 5 heteroatoms. The lowest BCUT2D eigenvalue weighted by molar-refractivity contribution is 0.0926. The summed E-state index contributed by atoms with van der Waals surface area (Å²) >= 11 is 0. The van der Waals surface area contributed by atoms with Crippen LogP contribution in [-0.2, 0) is 0 Å². The maximum Gasteiger partial charge on any atom is 0.253 e. The lowest BCUT2D eigenvalue weighted by atomic mass is 10.0. The summed E-state index contributed by atoms with van der Waals surface area (Å²) in [7, 11) is 0. The molecule has 1 aliphatic heterocycles. The van der Waals surface area contributed by atoms with Crippen LogP contribution in [0.3, 0.4) is 0 Å². The van der Waals surface area contributed by atoms with E-state index in [2.05, 4.69) is 53.3 Å². The van der Waals surface area contributed by atoms with Crippen LogP contribution in [0.15, 0.2) is 30.3 Å². The smallest absolute Gasteiger partial charge is 0.253 e. The Morgan fingerprint density at radius 3 is 2.73 bits per heavy atom. The number of aliphatic hydroxyl groups is 1. The molecule has 1 aliphatic rings. The van der Waals surface area contributed by atoms with E-state index in [0.29, 0.717) is 24.6 Å². The number of amides is 1. The number of nitrogens with one attached hydrogen (secondary N) is 2. The van der Waals surface area contributed by atoms with Gasteiger partial charge in [0.05, 0.1) is 11.7 Å². The van der Waals surface area contributed by atoms with Crippen LogP contribution in [0.2, 0.25) is 0 Å². The van der Waals surface area contributed by atoms with E-state index >= 15 is 0 Å². The van der Waals surface area contributed by atoms with Crippen molar-refractivity contribution in [2.75, 3.05) is 19.6 Å². The number of aromatic nitrogens is 1. The molecule has 0 aliphatic carbocycles. The Labute approximate surface area is 155 Å². The SMILES string of the molecule is Cc1cc(C(=O)NCC2CNCC2O)c(C)n1-c1cccc(C(C)C)c1. The van der Waals surface area contributed by atoms with Crippen molar-refractivity contribution in [3.05, 3.63) is 52.8 Å². The average molecular weight is 355 g/mol. The molecule has 0 saturated carbocycles. The second-order valence-corrected chi connectivity index (χ2v) is 7.57. The van der Waals surface area contributed by atoms with E-state index in [1.807, 2.05) is 19.9 Å². The Balaban J connectivity index is 1.81. The molecule has 140 valence electrons. The summed E-state index contributed by atoms with van der Waals surface area (Å²) in [5, 5.41) is 16.0. The first-order valence-corrected chi connectivity index (χ1v) is 9.34. The molecule has 0 spiro atoms. The number of hydrogen-bond acceptors (Lipinski definition) is 3. The average Bonchev–Trinajstić information content (AvgIpc) is 3.15. The highest BCUT2D eigenvalue weighted by atomic mass is 16.3. The van der Waals surface area contributed by atoms with Crippen molar-refractivity contribution in [1.82, 2.24) is 15.2 Å². The van der Waals surface area contributed by atoms with Gasteiger partial charge in [-0.05, 0) is 43.5 Å². The first-order valence-electron chi connectivity index (χ1n) is 9.34. The van der Waals surface area contributed by atoms with Gasteiger partial charge in [-0.3, -0.25) is 4.79 Å². The number of carbonyl (C=O) groups is 1. The highest BCUT2D eigenvalue weighted by Gasteiger charge is 2.26. The molecule has 3 rings (SSSR count). The number of hydrogen-bond donors (Lipinski definition) is 3. The third-order valence-electron chi connectivity index (χ3n) is 5.30. The molecule has 1 aromatic carbocycles. The number of benzene rings is 1. The van der Waals surface area contributed by atoms with Gasteiger partial charge in [0.2, 0.25) is 0 Å². The van der Waals surface area contributed by atoms with Gasteiger partial charge in [-0.2, -0.15) is 0 Å². The molecule has 2 aromatic rings. The quantitative estimate of drug-likeness (QED) is 0.772. The molecule has 2 unspecified atom stereocenters. The maximum atomic E-state index is 12.7. The van der Waals surface area contributed by atoms with Gasteiger partial charge in [0.25, 0.3) is 5.91 Å². The number of rotatable bonds is 5. The number of nitrogens with zero attached hydrogens (tertiary/aromatic N) is 1. The minimum Gasteiger partial charge on any atom is -0.391 e. The van der Waals surface area contributed by atoms with E-state index in [1.54, 1.807) is 0 Å². The Bertz CT molecular complexity index is 795. The van der Waals surface area contributed by atoms with E-state index in [9.17, 15) is 9.90 Å². The van der Waals surface area contributed by atoms with Gasteiger partial charge in [-0.15, -0.1) is 0 Å². The van der Waals surface area contributed by atoms with E-state index < -0.39 is 0 Å². The van der Waals surface area contributed by atoms with Crippen molar-refractivity contribution in [3.8, 4) is 5.69 Å². The zero-order valence-corrected chi connectivity index (χ0v) is 16.0. The fraction of sp³-hybridized carbons (Fsp3) is 0.476. The van der Waals surface area contributed by atoms with Crippen LogP contribution in [0.4, 0.5) is 0 Å².